The van der Waals surface area contributed by atoms with Gasteiger partial charge in [-0.3, -0.25) is 14.5 Å². The molecule has 1 heterocycles. The number of likely N-dealkylation sites (N-methyl/N-ethyl adjacent to an activating group) is 1. The maximum atomic E-state index is 12.6. The van der Waals surface area contributed by atoms with E-state index in [-0.39, 0.29) is 41.6 Å². The van der Waals surface area contributed by atoms with Crippen LogP contribution in [0.5, 0.6) is 11.5 Å². The number of piperidine rings is 1. The molecule has 2 amide bonds. The van der Waals surface area contributed by atoms with Crippen molar-refractivity contribution in [1.29, 1.82) is 0 Å². The van der Waals surface area contributed by atoms with Crippen molar-refractivity contribution in [1.82, 2.24) is 20.4 Å². The molecule has 9 heteroatoms. The highest BCUT2D eigenvalue weighted by Crippen LogP contribution is 2.39. The minimum Gasteiger partial charge on any atom is -0.484 e. The second kappa shape index (κ2) is 21.9. The minimum atomic E-state index is -0.495. The second-order valence-corrected chi connectivity index (χ2v) is 18.1. The summed E-state index contributed by atoms with van der Waals surface area (Å²) in [6.07, 6.45) is 14.1. The number of rotatable bonds is 14. The summed E-state index contributed by atoms with van der Waals surface area (Å²) in [6, 6.07) is 36.8. The molecule has 1 saturated heterocycles. The van der Waals surface area contributed by atoms with Gasteiger partial charge in [-0.25, -0.2) is 0 Å². The van der Waals surface area contributed by atoms with Crippen LogP contribution in [0, 0.1) is 6.92 Å². The third-order valence-corrected chi connectivity index (χ3v) is 13.4. The predicted octanol–water partition coefficient (Wildman–Crippen LogP) is 9.61. The van der Waals surface area contributed by atoms with Crippen LogP contribution in [0.3, 0.4) is 0 Å². The summed E-state index contributed by atoms with van der Waals surface area (Å²) in [4.78, 5) is 30.2. The van der Waals surface area contributed by atoms with Gasteiger partial charge in [-0.2, -0.15) is 0 Å². The van der Waals surface area contributed by atoms with E-state index in [1.165, 1.54) is 49.0 Å². The van der Waals surface area contributed by atoms with Crippen molar-refractivity contribution < 1.29 is 19.1 Å². The molecule has 1 aliphatic heterocycles. The average Bonchev–Trinajstić information content (AvgIpc) is 3.27. The molecule has 3 aliphatic rings. The molecular weight excluding hydrogens is 768 g/mol. The fourth-order valence-electron chi connectivity index (χ4n) is 9.44. The first-order valence-corrected chi connectivity index (χ1v) is 22.6. The van der Waals surface area contributed by atoms with Crippen molar-refractivity contribution in [2.75, 3.05) is 33.8 Å². The molecule has 322 valence electrons. The number of benzene rings is 4. The van der Waals surface area contributed by atoms with Gasteiger partial charge in [0.2, 0.25) is 0 Å². The van der Waals surface area contributed by atoms with Gasteiger partial charge in [-0.15, -0.1) is 0 Å². The fourth-order valence-corrected chi connectivity index (χ4v) is 9.57. The monoisotopic (exact) mass is 834 g/mol. The van der Waals surface area contributed by atoms with Crippen molar-refractivity contribution >= 4 is 23.4 Å². The number of nitrogens with one attached hydrogen (secondary N) is 2. The molecule has 2 saturated carbocycles. The number of halogens is 1. The number of carbonyl (C=O) groups excluding carboxylic acids is 2. The van der Waals surface area contributed by atoms with Crippen LogP contribution >= 0.6 is 11.6 Å². The third kappa shape index (κ3) is 13.1. The van der Waals surface area contributed by atoms with E-state index < -0.39 is 6.10 Å². The Morgan fingerprint density at radius 2 is 1.28 bits per heavy atom. The minimum absolute atomic E-state index is 0.0326. The summed E-state index contributed by atoms with van der Waals surface area (Å²) in [5, 5.41) is 7.06. The number of carbonyl (C=O) groups is 2. The Bertz CT molecular complexity index is 1890. The topological polar surface area (TPSA) is 83.1 Å². The van der Waals surface area contributed by atoms with E-state index in [1.54, 1.807) is 24.3 Å². The summed E-state index contributed by atoms with van der Waals surface area (Å²) in [7, 11) is 4.37. The maximum Gasteiger partial charge on any atom is 0.260 e. The van der Waals surface area contributed by atoms with Crippen molar-refractivity contribution in [3.05, 3.63) is 131 Å². The first-order chi connectivity index (χ1) is 29.0. The van der Waals surface area contributed by atoms with Gasteiger partial charge in [-0.1, -0.05) is 96.4 Å². The van der Waals surface area contributed by atoms with Gasteiger partial charge in [0.25, 0.3) is 11.8 Å². The quantitative estimate of drug-likeness (QED) is 0.132. The Balaban J connectivity index is 0.000000202. The maximum absolute atomic E-state index is 12.6. The molecule has 0 aromatic heterocycles. The smallest absolute Gasteiger partial charge is 0.260 e. The Morgan fingerprint density at radius 1 is 0.717 bits per heavy atom. The average molecular weight is 836 g/mol. The zero-order chi connectivity index (χ0) is 42.4. The number of hydrogen-bond donors (Lipinski definition) is 2. The van der Waals surface area contributed by atoms with Crippen molar-refractivity contribution in [2.24, 2.45) is 0 Å². The van der Waals surface area contributed by atoms with E-state index in [9.17, 15) is 9.59 Å². The molecule has 0 bridgehead atoms. The van der Waals surface area contributed by atoms with Crippen LogP contribution in [0.1, 0.15) is 94.2 Å². The van der Waals surface area contributed by atoms with E-state index in [0.29, 0.717) is 10.8 Å². The van der Waals surface area contributed by atoms with E-state index in [4.69, 9.17) is 21.1 Å². The van der Waals surface area contributed by atoms with Gasteiger partial charge in [0.15, 0.2) is 12.7 Å². The lowest BCUT2D eigenvalue weighted by atomic mass is 9.73. The highest BCUT2D eigenvalue weighted by atomic mass is 35.5. The van der Waals surface area contributed by atoms with Gasteiger partial charge in [0.05, 0.1) is 0 Å². The molecule has 1 atom stereocenters. The molecule has 4 aromatic carbocycles. The lowest BCUT2D eigenvalue weighted by Gasteiger charge is -2.50. The van der Waals surface area contributed by atoms with Crippen LogP contribution in [-0.2, 0) is 22.4 Å². The Labute approximate surface area is 364 Å². The number of amides is 2. The highest BCUT2D eigenvalue weighted by molar-refractivity contribution is 6.30. The number of para-hydroxylation sites is 1. The number of hydrogen-bond acceptors (Lipinski definition) is 6. The Kier molecular flexibility index (Phi) is 16.5. The van der Waals surface area contributed by atoms with Crippen LogP contribution in [0.15, 0.2) is 109 Å². The van der Waals surface area contributed by atoms with Crippen molar-refractivity contribution in [2.45, 2.75) is 127 Å². The van der Waals surface area contributed by atoms with Gasteiger partial charge in [-0.05, 0) is 166 Å². The Hall–Kier alpha value is -4.37. The van der Waals surface area contributed by atoms with Gasteiger partial charge in [0.1, 0.15) is 11.5 Å². The fraction of sp³-hybridized carbons (Fsp3) is 0.490. The largest absolute Gasteiger partial charge is 0.484 e. The molecule has 2 N–H and O–H groups in total. The second-order valence-electron chi connectivity index (χ2n) is 17.7. The normalized spacial score (nSPS) is 23.7. The molecule has 3 fully saturated rings. The zero-order valence-electron chi connectivity index (χ0n) is 36.3. The molecule has 2 aliphatic carbocycles. The van der Waals surface area contributed by atoms with E-state index in [2.05, 4.69) is 96.0 Å². The number of ether oxygens (including phenoxy) is 2. The summed E-state index contributed by atoms with van der Waals surface area (Å²) >= 11 is 5.90. The van der Waals surface area contributed by atoms with E-state index >= 15 is 0 Å². The molecular formula is C51H67ClN4O4. The first kappa shape index (κ1) is 45.2. The van der Waals surface area contributed by atoms with Crippen molar-refractivity contribution in [3.8, 4) is 11.5 Å². The SMILES string of the molecule is Cc1ccc(CC2(N(C)C)CCC(NC(=O)C(C)Oc3ccccc3)CC2)cc1.O=C(COc1ccc(Cl)cc1)NC1CCC(Cc2ccccc2)(N2CCCCC2)CC1. The first-order valence-electron chi connectivity index (χ1n) is 22.2. The lowest BCUT2D eigenvalue weighted by molar-refractivity contribution is -0.128. The van der Waals surface area contributed by atoms with Crippen LogP contribution in [0.25, 0.3) is 0 Å². The van der Waals surface area contributed by atoms with Crippen LogP contribution < -0.4 is 20.1 Å². The highest BCUT2D eigenvalue weighted by Gasteiger charge is 2.41. The van der Waals surface area contributed by atoms with Gasteiger partial charge in [0, 0.05) is 28.2 Å². The molecule has 60 heavy (non-hydrogen) atoms. The molecule has 0 spiro atoms. The summed E-state index contributed by atoms with van der Waals surface area (Å²) in [5.74, 6) is 1.31. The zero-order valence-corrected chi connectivity index (χ0v) is 37.1. The van der Waals surface area contributed by atoms with Gasteiger partial charge >= 0.3 is 0 Å². The summed E-state index contributed by atoms with van der Waals surface area (Å²) in [6.45, 7) is 6.39. The molecule has 8 nitrogen and oxygen atoms in total. The van der Waals surface area contributed by atoms with Crippen molar-refractivity contribution in [3.63, 3.8) is 0 Å². The molecule has 1 unspecified atom stereocenters. The predicted molar refractivity (Wildman–Crippen MR) is 244 cm³/mol. The van der Waals surface area contributed by atoms with Gasteiger partial charge < -0.3 is 25.0 Å². The molecule has 0 radical (unpaired) electrons. The number of aryl methyl sites for hydroxylation is 1. The van der Waals surface area contributed by atoms with Crippen LogP contribution in [0.4, 0.5) is 0 Å². The lowest BCUT2D eigenvalue weighted by Crippen LogP contribution is -2.56. The third-order valence-electron chi connectivity index (χ3n) is 13.2. The standard InChI is InChI=1S/C26H33ClN2O2.C25H34N2O2/c27-22-9-11-24(12-10-22)31-20-25(30)28-23-13-15-26(16-14-23,29-17-5-2-6-18-29)19-21-7-3-1-4-8-21;1-19-10-12-21(13-11-19)18-25(27(3)4)16-14-22(15-17-25)26-24(28)20(2)29-23-8-6-5-7-9-23/h1,3-4,7-12,23H,2,5-6,13-20H2,(H,28,30);5-13,20,22H,14-18H2,1-4H3,(H,26,28). The van der Waals surface area contributed by atoms with Crippen LogP contribution in [0.2, 0.25) is 5.02 Å². The van der Waals surface area contributed by atoms with E-state index in [0.717, 1.165) is 70.0 Å². The number of nitrogens with zero attached hydrogens (tertiary/aromatic N) is 2. The number of likely N-dealkylation sites (tertiary alicyclic amines) is 1. The van der Waals surface area contributed by atoms with Crippen LogP contribution in [-0.4, -0.2) is 84.7 Å². The summed E-state index contributed by atoms with van der Waals surface area (Å²) in [5.41, 5.74) is 4.49. The van der Waals surface area contributed by atoms with E-state index in [1.807, 2.05) is 37.3 Å². The Morgan fingerprint density at radius 3 is 1.90 bits per heavy atom. The molecule has 7 rings (SSSR count). The molecule has 4 aromatic rings. The summed E-state index contributed by atoms with van der Waals surface area (Å²) < 4.78 is 11.4.